The molecule has 0 radical (unpaired) electrons. The molecule has 0 saturated carbocycles. The van der Waals surface area contributed by atoms with Gasteiger partial charge in [-0.2, -0.15) is 0 Å². The number of halogens is 2. The van der Waals surface area contributed by atoms with Gasteiger partial charge in [-0.3, -0.25) is 5.32 Å². The lowest BCUT2D eigenvalue weighted by Gasteiger charge is -2.04. The fraction of sp³-hybridized carbons (Fsp3) is 0.167. The van der Waals surface area contributed by atoms with Crippen LogP contribution in [0.1, 0.15) is 10.4 Å². The Morgan fingerprint density at radius 2 is 2.04 bits per heavy atom. The number of ether oxygens (including phenoxy) is 2. The normalized spacial score (nSPS) is 9.00. The Bertz CT molecular complexity index is 834. The number of pyridine rings is 1. The number of nitrogens with zero attached hydrogens (tertiary/aromatic N) is 1. The quantitative estimate of drug-likeness (QED) is 0.585. The van der Waals surface area contributed by atoms with Gasteiger partial charge in [0.15, 0.2) is 6.61 Å². The molecule has 7 nitrogen and oxygen atoms in total. The predicted molar refractivity (Wildman–Crippen MR) is 103 cm³/mol. The number of carbonyl (C=O) groups excluding carboxylic acids is 1. The fourth-order valence-electron chi connectivity index (χ4n) is 1.64. The van der Waals surface area contributed by atoms with E-state index in [9.17, 15) is 9.59 Å². The molecule has 142 valence electrons. The monoisotopic (exact) mass is 410 g/mol. The van der Waals surface area contributed by atoms with Crippen LogP contribution in [0.3, 0.4) is 0 Å². The van der Waals surface area contributed by atoms with Crippen molar-refractivity contribution in [2.75, 3.05) is 24.9 Å². The maximum absolute atomic E-state index is 11.2. The van der Waals surface area contributed by atoms with Crippen LogP contribution in [-0.4, -0.2) is 41.7 Å². The van der Waals surface area contributed by atoms with E-state index in [4.69, 9.17) is 37.8 Å². The first-order chi connectivity index (χ1) is 13.0. The van der Waals surface area contributed by atoms with E-state index in [1.165, 1.54) is 19.4 Å². The molecular weight excluding hydrogens is 395 g/mol. The zero-order valence-corrected chi connectivity index (χ0v) is 15.8. The Labute approximate surface area is 166 Å². The third-order valence-electron chi connectivity index (χ3n) is 2.73. The molecule has 0 atom stereocenters. The standard InChI is InChI=1S/C11H9Cl2NO2.C7H7NO3/c12-6-1-2-7-16-11(15)14-10-5-3-4-9(13)8-10;1-11-6-5(7(9)10)3-2-4-8-6/h3-5,8H,6-7H2,(H,14,15);2-4H,1H3,(H,9,10). The molecule has 0 spiro atoms. The van der Waals surface area contributed by atoms with Gasteiger partial charge in [-0.25, -0.2) is 14.6 Å². The van der Waals surface area contributed by atoms with Crippen molar-refractivity contribution in [3.05, 3.63) is 53.2 Å². The molecule has 1 amide bonds. The molecular formula is C18H16Cl2N2O5. The van der Waals surface area contributed by atoms with Gasteiger partial charge >= 0.3 is 12.1 Å². The molecule has 0 saturated heterocycles. The molecule has 0 fully saturated rings. The number of aromatic nitrogens is 1. The van der Waals surface area contributed by atoms with Crippen LogP contribution >= 0.6 is 23.2 Å². The smallest absolute Gasteiger partial charge is 0.412 e. The number of carboxylic acid groups (broad SMARTS) is 1. The van der Waals surface area contributed by atoms with E-state index in [0.29, 0.717) is 10.7 Å². The molecule has 0 aliphatic rings. The highest BCUT2D eigenvalue weighted by atomic mass is 35.5. The molecule has 1 aromatic heterocycles. The Morgan fingerprint density at radius 1 is 1.26 bits per heavy atom. The second-order valence-corrected chi connectivity index (χ2v) is 5.27. The fourth-order valence-corrected chi connectivity index (χ4v) is 1.92. The Hall–Kier alpha value is -2.95. The summed E-state index contributed by atoms with van der Waals surface area (Å²) in [6.45, 7) is 0.0130. The van der Waals surface area contributed by atoms with E-state index < -0.39 is 12.1 Å². The van der Waals surface area contributed by atoms with Gasteiger partial charge in [-0.1, -0.05) is 29.5 Å². The van der Waals surface area contributed by atoms with Crippen molar-refractivity contribution in [3.8, 4) is 17.7 Å². The van der Waals surface area contributed by atoms with Crippen molar-refractivity contribution in [2.45, 2.75) is 0 Å². The van der Waals surface area contributed by atoms with Crippen LogP contribution in [0, 0.1) is 11.8 Å². The van der Waals surface area contributed by atoms with Crippen molar-refractivity contribution < 1.29 is 24.2 Å². The van der Waals surface area contributed by atoms with Crippen LogP contribution in [0.15, 0.2) is 42.6 Å². The summed E-state index contributed by atoms with van der Waals surface area (Å²) < 4.78 is 9.48. The lowest BCUT2D eigenvalue weighted by molar-refractivity contribution is 0.0692. The molecule has 0 unspecified atom stereocenters. The lowest BCUT2D eigenvalue weighted by atomic mass is 10.3. The Morgan fingerprint density at radius 3 is 2.63 bits per heavy atom. The maximum atomic E-state index is 11.2. The van der Waals surface area contributed by atoms with E-state index >= 15 is 0 Å². The topological polar surface area (TPSA) is 97.8 Å². The van der Waals surface area contributed by atoms with Crippen LogP contribution in [0.5, 0.6) is 5.88 Å². The number of alkyl halides is 1. The molecule has 27 heavy (non-hydrogen) atoms. The molecule has 0 aliphatic carbocycles. The zero-order valence-electron chi connectivity index (χ0n) is 14.2. The molecule has 1 heterocycles. The highest BCUT2D eigenvalue weighted by Gasteiger charge is 2.09. The summed E-state index contributed by atoms with van der Waals surface area (Å²) in [6, 6.07) is 9.75. The third kappa shape index (κ3) is 8.81. The van der Waals surface area contributed by atoms with E-state index in [2.05, 4.69) is 22.1 Å². The highest BCUT2D eigenvalue weighted by Crippen LogP contribution is 2.15. The average molecular weight is 411 g/mol. The van der Waals surface area contributed by atoms with Crippen LogP contribution in [0.4, 0.5) is 10.5 Å². The van der Waals surface area contributed by atoms with Crippen molar-refractivity contribution >= 4 is 41.0 Å². The van der Waals surface area contributed by atoms with E-state index in [1.54, 1.807) is 30.3 Å². The molecule has 2 aromatic rings. The number of amides is 1. The number of hydrogen-bond donors (Lipinski definition) is 2. The minimum atomic E-state index is -1.03. The minimum absolute atomic E-state index is 0.0130. The predicted octanol–water partition coefficient (Wildman–Crippen LogP) is 3.92. The summed E-state index contributed by atoms with van der Waals surface area (Å²) >= 11 is 11.1. The summed E-state index contributed by atoms with van der Waals surface area (Å²) in [7, 11) is 1.38. The number of nitrogens with one attached hydrogen (secondary N) is 1. The summed E-state index contributed by atoms with van der Waals surface area (Å²) in [5.74, 6) is 4.47. The van der Waals surface area contributed by atoms with Crippen molar-refractivity contribution in [2.24, 2.45) is 0 Å². The first-order valence-electron chi connectivity index (χ1n) is 7.41. The number of methoxy groups -OCH3 is 1. The van der Waals surface area contributed by atoms with Gasteiger partial charge in [-0.05, 0) is 30.3 Å². The van der Waals surface area contributed by atoms with Gasteiger partial charge in [-0.15, -0.1) is 11.6 Å². The zero-order chi connectivity index (χ0) is 20.1. The van der Waals surface area contributed by atoms with Gasteiger partial charge in [0.2, 0.25) is 5.88 Å². The van der Waals surface area contributed by atoms with Crippen molar-refractivity contribution in [3.63, 3.8) is 0 Å². The number of anilines is 1. The number of rotatable bonds is 4. The maximum Gasteiger partial charge on any atom is 0.412 e. The molecule has 9 heteroatoms. The minimum Gasteiger partial charge on any atom is -0.480 e. The number of carbonyl (C=O) groups is 2. The number of carboxylic acids is 1. The van der Waals surface area contributed by atoms with Crippen LogP contribution in [-0.2, 0) is 4.74 Å². The van der Waals surface area contributed by atoms with Gasteiger partial charge in [0.1, 0.15) is 5.56 Å². The number of hydrogen-bond acceptors (Lipinski definition) is 5. The second kappa shape index (κ2) is 12.4. The first kappa shape index (κ1) is 22.1. The lowest BCUT2D eigenvalue weighted by Crippen LogP contribution is -2.13. The van der Waals surface area contributed by atoms with Gasteiger partial charge in [0.25, 0.3) is 0 Å². The largest absolute Gasteiger partial charge is 0.480 e. The van der Waals surface area contributed by atoms with Gasteiger partial charge in [0, 0.05) is 16.9 Å². The number of aromatic carboxylic acids is 1. The van der Waals surface area contributed by atoms with E-state index in [1.807, 2.05) is 0 Å². The summed E-state index contributed by atoms with van der Waals surface area (Å²) in [5, 5.41) is 11.6. The summed E-state index contributed by atoms with van der Waals surface area (Å²) in [4.78, 5) is 25.4. The number of benzene rings is 1. The Balaban J connectivity index is 0.000000289. The second-order valence-electron chi connectivity index (χ2n) is 4.56. The Kier molecular flexibility index (Phi) is 10.2. The van der Waals surface area contributed by atoms with E-state index in [0.717, 1.165) is 0 Å². The average Bonchev–Trinajstić information content (AvgIpc) is 2.65. The van der Waals surface area contributed by atoms with Crippen LogP contribution in [0.2, 0.25) is 5.02 Å². The van der Waals surface area contributed by atoms with Crippen LogP contribution in [0.25, 0.3) is 0 Å². The third-order valence-corrected chi connectivity index (χ3v) is 3.10. The molecule has 0 aliphatic heterocycles. The SMILES string of the molecule is COc1ncccc1C(=O)O.O=C(Nc1cccc(Cl)c1)OCC#CCCl. The van der Waals surface area contributed by atoms with Crippen molar-refractivity contribution in [1.29, 1.82) is 0 Å². The molecule has 2 rings (SSSR count). The van der Waals surface area contributed by atoms with Crippen LogP contribution < -0.4 is 10.1 Å². The van der Waals surface area contributed by atoms with Crippen molar-refractivity contribution in [1.82, 2.24) is 4.98 Å². The summed E-state index contributed by atoms with van der Waals surface area (Å²) in [5.41, 5.74) is 0.651. The molecule has 1 aromatic carbocycles. The van der Waals surface area contributed by atoms with Gasteiger partial charge in [0.05, 0.1) is 13.0 Å². The molecule has 0 bridgehead atoms. The molecule has 2 N–H and O–H groups in total. The summed E-state index contributed by atoms with van der Waals surface area (Å²) in [6.07, 6.45) is 0.900. The first-order valence-corrected chi connectivity index (χ1v) is 8.32. The van der Waals surface area contributed by atoms with Gasteiger partial charge < -0.3 is 14.6 Å². The van der Waals surface area contributed by atoms with E-state index in [-0.39, 0.29) is 23.9 Å². The highest BCUT2D eigenvalue weighted by molar-refractivity contribution is 6.30.